The van der Waals surface area contributed by atoms with Crippen LogP contribution >= 0.6 is 0 Å². The van der Waals surface area contributed by atoms with Crippen molar-refractivity contribution in [2.45, 2.75) is 53.3 Å². The molecule has 3 aromatic rings. The molecule has 9 nitrogen and oxygen atoms in total. The number of amides is 2. The van der Waals surface area contributed by atoms with Gasteiger partial charge in [0.25, 0.3) is 5.91 Å². The molecule has 3 heterocycles. The molecular weight excluding hydrogens is 439 g/mol. The Morgan fingerprint density at radius 1 is 1.00 bits per heavy atom. The van der Waals surface area contributed by atoms with Gasteiger partial charge in [-0.2, -0.15) is 4.39 Å². The number of aryl methyl sites for hydroxylation is 2. The van der Waals surface area contributed by atoms with E-state index in [-0.39, 0.29) is 18.8 Å². The molecule has 0 aromatic carbocycles. The van der Waals surface area contributed by atoms with Crippen molar-refractivity contribution in [3.63, 3.8) is 0 Å². The summed E-state index contributed by atoms with van der Waals surface area (Å²) in [6, 6.07) is 6.05. The number of nitrogens with zero attached hydrogens (tertiary/aromatic N) is 4. The number of halogens is 1. The number of carbonyl (C=O) groups is 2. The molecule has 0 atom stereocenters. The van der Waals surface area contributed by atoms with Crippen molar-refractivity contribution in [3.8, 4) is 11.3 Å². The second-order valence-electron chi connectivity index (χ2n) is 8.73. The second kappa shape index (κ2) is 10.3. The van der Waals surface area contributed by atoms with Crippen molar-refractivity contribution in [1.29, 1.82) is 0 Å². The molecular formula is C24H27FN6O3. The van der Waals surface area contributed by atoms with Crippen LogP contribution in [0.3, 0.4) is 0 Å². The summed E-state index contributed by atoms with van der Waals surface area (Å²) < 4.78 is 18.8. The van der Waals surface area contributed by atoms with Crippen LogP contribution in [0.2, 0.25) is 0 Å². The fourth-order valence-electron chi connectivity index (χ4n) is 2.99. The minimum Gasteiger partial charge on any atom is -0.444 e. The summed E-state index contributed by atoms with van der Waals surface area (Å²) in [5.41, 5.74) is 2.40. The third kappa shape index (κ3) is 7.03. The van der Waals surface area contributed by atoms with Crippen molar-refractivity contribution < 1.29 is 18.7 Å². The van der Waals surface area contributed by atoms with E-state index in [1.807, 2.05) is 6.92 Å². The maximum absolute atomic E-state index is 13.5. The van der Waals surface area contributed by atoms with E-state index in [0.717, 1.165) is 5.56 Å². The van der Waals surface area contributed by atoms with Crippen LogP contribution < -0.4 is 10.6 Å². The van der Waals surface area contributed by atoms with Gasteiger partial charge in [0.15, 0.2) is 0 Å². The zero-order chi connectivity index (χ0) is 24.9. The molecule has 0 radical (unpaired) electrons. The first kappa shape index (κ1) is 24.7. The van der Waals surface area contributed by atoms with Crippen molar-refractivity contribution >= 4 is 12.0 Å². The molecule has 0 fully saturated rings. The van der Waals surface area contributed by atoms with E-state index in [0.29, 0.717) is 28.3 Å². The molecule has 178 valence electrons. The summed E-state index contributed by atoms with van der Waals surface area (Å²) in [7, 11) is 0. The van der Waals surface area contributed by atoms with Crippen LogP contribution in [0.1, 0.15) is 53.9 Å². The lowest BCUT2D eigenvalue weighted by atomic mass is 10.1. The van der Waals surface area contributed by atoms with Gasteiger partial charge in [-0.25, -0.2) is 24.7 Å². The lowest BCUT2D eigenvalue weighted by molar-refractivity contribution is 0.0523. The smallest absolute Gasteiger partial charge is 0.407 e. The van der Waals surface area contributed by atoms with Gasteiger partial charge >= 0.3 is 6.09 Å². The topological polar surface area (TPSA) is 119 Å². The van der Waals surface area contributed by atoms with Crippen LogP contribution in [0.5, 0.6) is 0 Å². The number of pyridine rings is 2. The van der Waals surface area contributed by atoms with Gasteiger partial charge in [-0.1, -0.05) is 0 Å². The quantitative estimate of drug-likeness (QED) is 0.532. The van der Waals surface area contributed by atoms with Gasteiger partial charge in [0.05, 0.1) is 12.2 Å². The van der Waals surface area contributed by atoms with E-state index in [4.69, 9.17) is 4.74 Å². The van der Waals surface area contributed by atoms with E-state index in [1.165, 1.54) is 6.07 Å². The Morgan fingerprint density at radius 2 is 1.71 bits per heavy atom. The van der Waals surface area contributed by atoms with Crippen molar-refractivity contribution in [2.75, 3.05) is 0 Å². The largest absolute Gasteiger partial charge is 0.444 e. The lowest BCUT2D eigenvalue weighted by Crippen LogP contribution is -2.32. The van der Waals surface area contributed by atoms with Gasteiger partial charge in [-0.05, 0) is 70.0 Å². The highest BCUT2D eigenvalue weighted by Gasteiger charge is 2.18. The first-order chi connectivity index (χ1) is 16.0. The van der Waals surface area contributed by atoms with Gasteiger partial charge in [-0.3, -0.25) is 4.79 Å². The zero-order valence-corrected chi connectivity index (χ0v) is 19.8. The van der Waals surface area contributed by atoms with Crippen LogP contribution in [0.4, 0.5) is 9.18 Å². The Balaban J connectivity index is 1.86. The average molecular weight is 467 g/mol. The summed E-state index contributed by atoms with van der Waals surface area (Å²) in [6.45, 7) is 9.04. The maximum Gasteiger partial charge on any atom is 0.407 e. The highest BCUT2D eigenvalue weighted by molar-refractivity contribution is 5.93. The molecule has 0 aliphatic heterocycles. The van der Waals surface area contributed by atoms with Crippen LogP contribution in [-0.2, 0) is 17.8 Å². The number of carbonyl (C=O) groups excluding carboxylic acids is 2. The highest BCUT2D eigenvalue weighted by Crippen LogP contribution is 2.22. The molecule has 0 aliphatic carbocycles. The molecule has 34 heavy (non-hydrogen) atoms. The SMILES string of the molecule is Cc1cnc(CNC(=O)c2cc(CNC(=O)OC(C)(C)C)cc(-c3ccc(F)nc3C)n2)nc1. The standard InChI is InChI=1S/C24H27FN6O3/c1-14-10-26-21(27-11-14)13-28-22(32)19-9-16(12-29-23(33)34-24(3,4)5)8-18(31-19)17-6-7-20(25)30-15(17)2/h6-11H,12-13H2,1-5H3,(H,28,32)(H,29,33). The third-order valence-corrected chi connectivity index (χ3v) is 4.52. The minimum atomic E-state index is -0.645. The molecule has 2 N–H and O–H groups in total. The predicted molar refractivity (Wildman–Crippen MR) is 123 cm³/mol. The first-order valence-electron chi connectivity index (χ1n) is 10.7. The maximum atomic E-state index is 13.5. The molecule has 10 heteroatoms. The summed E-state index contributed by atoms with van der Waals surface area (Å²) in [4.78, 5) is 41.6. The average Bonchev–Trinajstić information content (AvgIpc) is 2.76. The van der Waals surface area contributed by atoms with E-state index < -0.39 is 23.5 Å². The Morgan fingerprint density at radius 3 is 2.35 bits per heavy atom. The van der Waals surface area contributed by atoms with E-state index in [9.17, 15) is 14.0 Å². The monoisotopic (exact) mass is 466 g/mol. The van der Waals surface area contributed by atoms with Gasteiger partial charge in [0.1, 0.15) is 17.1 Å². The van der Waals surface area contributed by atoms with Gasteiger partial charge in [0, 0.05) is 30.2 Å². The van der Waals surface area contributed by atoms with E-state index in [1.54, 1.807) is 58.3 Å². The fourth-order valence-corrected chi connectivity index (χ4v) is 2.99. The van der Waals surface area contributed by atoms with Crippen LogP contribution in [0, 0.1) is 19.8 Å². The Hall–Kier alpha value is -3.95. The molecule has 0 saturated carbocycles. The number of rotatable bonds is 6. The molecule has 0 aliphatic rings. The van der Waals surface area contributed by atoms with Crippen LogP contribution in [-0.4, -0.2) is 37.5 Å². The first-order valence-corrected chi connectivity index (χ1v) is 10.7. The number of hydrogen-bond donors (Lipinski definition) is 2. The van der Waals surface area contributed by atoms with Crippen LogP contribution in [0.15, 0.2) is 36.7 Å². The predicted octanol–water partition coefficient (Wildman–Crippen LogP) is 3.64. The normalized spacial score (nSPS) is 11.1. The minimum absolute atomic E-state index is 0.0967. The highest BCUT2D eigenvalue weighted by atomic mass is 19.1. The van der Waals surface area contributed by atoms with Gasteiger partial charge < -0.3 is 15.4 Å². The van der Waals surface area contributed by atoms with Crippen molar-refractivity contribution in [2.24, 2.45) is 0 Å². The number of nitrogens with one attached hydrogen (secondary N) is 2. The van der Waals surface area contributed by atoms with Gasteiger partial charge in [0.2, 0.25) is 5.95 Å². The Bertz CT molecular complexity index is 1190. The zero-order valence-electron chi connectivity index (χ0n) is 19.8. The number of aromatic nitrogens is 4. The van der Waals surface area contributed by atoms with E-state index >= 15 is 0 Å². The molecule has 0 unspecified atom stereocenters. The summed E-state index contributed by atoms with van der Waals surface area (Å²) in [5, 5.41) is 5.42. The van der Waals surface area contributed by atoms with E-state index in [2.05, 4.69) is 30.6 Å². The summed E-state index contributed by atoms with van der Waals surface area (Å²) in [6.07, 6.45) is 2.74. The molecule has 0 spiro atoms. The summed E-state index contributed by atoms with van der Waals surface area (Å²) in [5.74, 6) is -0.599. The molecule has 3 rings (SSSR count). The number of hydrogen-bond acceptors (Lipinski definition) is 7. The number of ether oxygens (including phenoxy) is 1. The molecule has 3 aromatic heterocycles. The Kier molecular flexibility index (Phi) is 7.50. The van der Waals surface area contributed by atoms with Crippen molar-refractivity contribution in [1.82, 2.24) is 30.6 Å². The molecule has 2 amide bonds. The third-order valence-electron chi connectivity index (χ3n) is 4.52. The second-order valence-corrected chi connectivity index (χ2v) is 8.73. The molecule has 0 bridgehead atoms. The number of alkyl carbamates (subject to hydrolysis) is 1. The molecule has 0 saturated heterocycles. The lowest BCUT2D eigenvalue weighted by Gasteiger charge is -2.20. The fraction of sp³-hybridized carbons (Fsp3) is 0.333. The van der Waals surface area contributed by atoms with Crippen LogP contribution in [0.25, 0.3) is 11.3 Å². The van der Waals surface area contributed by atoms with Crippen molar-refractivity contribution in [3.05, 3.63) is 70.9 Å². The van der Waals surface area contributed by atoms with Gasteiger partial charge in [-0.15, -0.1) is 0 Å². The summed E-state index contributed by atoms with van der Waals surface area (Å²) >= 11 is 0. The Labute approximate surface area is 197 Å².